The number of aryl methyl sites for hydroxylation is 2. The van der Waals surface area contributed by atoms with E-state index in [1.54, 1.807) is 0 Å². The minimum absolute atomic E-state index is 0.153. The standard InChI is InChI=1S/C19H19N3O/c1-13-7-14(2)21-18(16(13)9-20)22-10-19(11-22)8-15-5-3-4-6-17(15)23-12-19/h3-7H,8,10-12H2,1-2H3. The van der Waals surface area contributed by atoms with E-state index >= 15 is 0 Å². The van der Waals surface area contributed by atoms with Crippen LogP contribution in [0.1, 0.15) is 22.4 Å². The Morgan fingerprint density at radius 1 is 1.26 bits per heavy atom. The maximum Gasteiger partial charge on any atom is 0.147 e. The predicted molar refractivity (Wildman–Crippen MR) is 88.7 cm³/mol. The van der Waals surface area contributed by atoms with Gasteiger partial charge in [-0.25, -0.2) is 4.98 Å². The summed E-state index contributed by atoms with van der Waals surface area (Å²) < 4.78 is 5.96. The molecule has 2 aliphatic rings. The fourth-order valence-electron chi connectivity index (χ4n) is 3.78. The first kappa shape index (κ1) is 14.1. The van der Waals surface area contributed by atoms with Crippen molar-refractivity contribution in [2.75, 3.05) is 24.6 Å². The number of fused-ring (bicyclic) bond motifs is 1. The van der Waals surface area contributed by atoms with Crippen molar-refractivity contribution in [1.29, 1.82) is 5.26 Å². The van der Waals surface area contributed by atoms with Gasteiger partial charge in [0.05, 0.1) is 12.2 Å². The molecule has 0 N–H and O–H groups in total. The van der Waals surface area contributed by atoms with Crippen LogP contribution in [0.3, 0.4) is 0 Å². The summed E-state index contributed by atoms with van der Waals surface area (Å²) in [6, 6.07) is 12.6. The van der Waals surface area contributed by atoms with Crippen LogP contribution in [-0.4, -0.2) is 24.7 Å². The fraction of sp³-hybridized carbons (Fsp3) is 0.368. The Morgan fingerprint density at radius 3 is 2.83 bits per heavy atom. The number of nitriles is 1. The van der Waals surface area contributed by atoms with Gasteiger partial charge < -0.3 is 9.64 Å². The molecule has 0 aliphatic carbocycles. The highest BCUT2D eigenvalue weighted by Crippen LogP contribution is 2.43. The van der Waals surface area contributed by atoms with E-state index in [1.807, 2.05) is 32.0 Å². The highest BCUT2D eigenvalue weighted by Gasteiger charge is 2.47. The lowest BCUT2D eigenvalue weighted by Crippen LogP contribution is -2.62. The molecule has 0 atom stereocenters. The smallest absolute Gasteiger partial charge is 0.147 e. The summed E-state index contributed by atoms with van der Waals surface area (Å²) in [6.45, 7) is 6.49. The number of rotatable bonds is 1. The quantitative estimate of drug-likeness (QED) is 0.812. The molecular weight excluding hydrogens is 286 g/mol. The Balaban J connectivity index is 1.58. The van der Waals surface area contributed by atoms with Crippen LogP contribution < -0.4 is 9.64 Å². The van der Waals surface area contributed by atoms with Gasteiger partial charge in [0.25, 0.3) is 0 Å². The number of hydrogen-bond donors (Lipinski definition) is 0. The maximum atomic E-state index is 9.45. The van der Waals surface area contributed by atoms with Crippen LogP contribution in [0.4, 0.5) is 5.82 Å². The van der Waals surface area contributed by atoms with Crippen molar-refractivity contribution in [3.63, 3.8) is 0 Å². The molecular formula is C19H19N3O. The summed E-state index contributed by atoms with van der Waals surface area (Å²) in [5.41, 5.74) is 4.10. The fourth-order valence-corrected chi connectivity index (χ4v) is 3.78. The molecule has 0 bridgehead atoms. The molecule has 3 heterocycles. The number of nitrogens with zero attached hydrogens (tertiary/aromatic N) is 3. The van der Waals surface area contributed by atoms with E-state index in [-0.39, 0.29) is 5.41 Å². The number of pyridine rings is 1. The van der Waals surface area contributed by atoms with Crippen molar-refractivity contribution in [2.24, 2.45) is 5.41 Å². The third-order valence-electron chi connectivity index (χ3n) is 4.86. The minimum Gasteiger partial charge on any atom is -0.493 e. The maximum absolute atomic E-state index is 9.45. The van der Waals surface area contributed by atoms with Crippen molar-refractivity contribution in [2.45, 2.75) is 20.3 Å². The molecule has 1 aromatic heterocycles. The molecule has 2 aliphatic heterocycles. The number of aromatic nitrogens is 1. The molecule has 0 amide bonds. The largest absolute Gasteiger partial charge is 0.493 e. The van der Waals surface area contributed by atoms with Gasteiger partial charge in [0.2, 0.25) is 0 Å². The molecule has 1 spiro atoms. The van der Waals surface area contributed by atoms with Crippen molar-refractivity contribution in [3.8, 4) is 11.8 Å². The molecule has 0 radical (unpaired) electrons. The van der Waals surface area contributed by atoms with Gasteiger partial charge in [0, 0.05) is 24.2 Å². The average molecular weight is 305 g/mol. The molecule has 0 saturated carbocycles. The van der Waals surface area contributed by atoms with Gasteiger partial charge in [-0.15, -0.1) is 0 Å². The molecule has 4 rings (SSSR count). The lowest BCUT2D eigenvalue weighted by molar-refractivity contribution is 0.0874. The highest BCUT2D eigenvalue weighted by molar-refractivity contribution is 5.60. The van der Waals surface area contributed by atoms with Gasteiger partial charge in [-0.3, -0.25) is 0 Å². The average Bonchev–Trinajstić information content (AvgIpc) is 2.51. The molecule has 116 valence electrons. The van der Waals surface area contributed by atoms with Gasteiger partial charge in [-0.05, 0) is 43.5 Å². The van der Waals surface area contributed by atoms with Crippen LogP contribution in [0.2, 0.25) is 0 Å². The van der Waals surface area contributed by atoms with Gasteiger partial charge in [-0.1, -0.05) is 18.2 Å². The molecule has 4 nitrogen and oxygen atoms in total. The lowest BCUT2D eigenvalue weighted by Gasteiger charge is -2.52. The third kappa shape index (κ3) is 2.24. The first-order chi connectivity index (χ1) is 11.1. The topological polar surface area (TPSA) is 49.2 Å². The summed E-state index contributed by atoms with van der Waals surface area (Å²) in [6.07, 6.45) is 1.03. The normalized spacial score (nSPS) is 17.9. The van der Waals surface area contributed by atoms with E-state index in [4.69, 9.17) is 4.74 Å². The van der Waals surface area contributed by atoms with Gasteiger partial charge in [-0.2, -0.15) is 5.26 Å². The zero-order valence-electron chi connectivity index (χ0n) is 13.5. The molecule has 4 heteroatoms. The van der Waals surface area contributed by atoms with Crippen molar-refractivity contribution >= 4 is 5.82 Å². The summed E-state index contributed by atoms with van der Waals surface area (Å²) >= 11 is 0. The molecule has 23 heavy (non-hydrogen) atoms. The second-order valence-electron chi connectivity index (χ2n) is 6.82. The van der Waals surface area contributed by atoms with Crippen LogP contribution in [0.15, 0.2) is 30.3 Å². The summed E-state index contributed by atoms with van der Waals surface area (Å²) in [7, 11) is 0. The zero-order chi connectivity index (χ0) is 16.0. The Morgan fingerprint density at radius 2 is 2.04 bits per heavy atom. The number of hydrogen-bond acceptors (Lipinski definition) is 4. The first-order valence-electron chi connectivity index (χ1n) is 7.94. The van der Waals surface area contributed by atoms with Crippen LogP contribution >= 0.6 is 0 Å². The van der Waals surface area contributed by atoms with Crippen LogP contribution in [0.25, 0.3) is 0 Å². The number of anilines is 1. The van der Waals surface area contributed by atoms with Crippen LogP contribution in [0, 0.1) is 30.6 Å². The zero-order valence-corrected chi connectivity index (χ0v) is 13.5. The minimum atomic E-state index is 0.153. The predicted octanol–water partition coefficient (Wildman–Crippen LogP) is 3.01. The SMILES string of the molecule is Cc1cc(C)c(C#N)c(N2CC3(COc4ccccc4C3)C2)n1. The van der Waals surface area contributed by atoms with Gasteiger partial charge >= 0.3 is 0 Å². The van der Waals surface area contributed by atoms with E-state index in [2.05, 4.69) is 28.1 Å². The van der Waals surface area contributed by atoms with E-state index in [1.165, 1.54) is 5.56 Å². The van der Waals surface area contributed by atoms with Crippen molar-refractivity contribution in [3.05, 3.63) is 52.7 Å². The van der Waals surface area contributed by atoms with Crippen molar-refractivity contribution < 1.29 is 4.74 Å². The second-order valence-corrected chi connectivity index (χ2v) is 6.82. The summed E-state index contributed by atoms with van der Waals surface area (Å²) in [4.78, 5) is 6.83. The van der Waals surface area contributed by atoms with Crippen LogP contribution in [0.5, 0.6) is 5.75 Å². The molecule has 0 unspecified atom stereocenters. The van der Waals surface area contributed by atoms with E-state index in [0.29, 0.717) is 5.56 Å². The van der Waals surface area contributed by atoms with E-state index in [0.717, 1.165) is 48.9 Å². The van der Waals surface area contributed by atoms with Crippen LogP contribution in [-0.2, 0) is 6.42 Å². The third-order valence-corrected chi connectivity index (χ3v) is 4.86. The first-order valence-corrected chi connectivity index (χ1v) is 7.94. The highest BCUT2D eigenvalue weighted by atomic mass is 16.5. The molecule has 2 aromatic rings. The van der Waals surface area contributed by atoms with Gasteiger partial charge in [0.15, 0.2) is 0 Å². The second kappa shape index (κ2) is 4.99. The van der Waals surface area contributed by atoms with Crippen molar-refractivity contribution in [1.82, 2.24) is 4.98 Å². The van der Waals surface area contributed by atoms with Gasteiger partial charge in [0.1, 0.15) is 17.6 Å². The Labute approximate surface area is 136 Å². The number of benzene rings is 1. The molecule has 1 saturated heterocycles. The Hall–Kier alpha value is -2.54. The Kier molecular flexibility index (Phi) is 3.05. The number of ether oxygens (including phenoxy) is 1. The molecule has 1 fully saturated rings. The number of para-hydroxylation sites is 1. The van der Waals surface area contributed by atoms with E-state index < -0.39 is 0 Å². The summed E-state index contributed by atoms with van der Waals surface area (Å²) in [5.74, 6) is 1.84. The van der Waals surface area contributed by atoms with E-state index in [9.17, 15) is 5.26 Å². The monoisotopic (exact) mass is 305 g/mol. The molecule has 1 aromatic carbocycles. The lowest BCUT2D eigenvalue weighted by atomic mass is 9.74. The Bertz CT molecular complexity index is 816. The summed E-state index contributed by atoms with van der Waals surface area (Å²) in [5, 5.41) is 9.45.